The number of carbonyl (C=O) groups excluding carboxylic acids is 1. The Bertz CT molecular complexity index is 655. The molecular formula is C14H21N3O3S. The SMILES string of the molecule is Cn1cc(S(=O)(=O)N(C2CCCC2)C2CC2)cc1C(N)=O. The molecule has 7 heteroatoms. The lowest BCUT2D eigenvalue weighted by Crippen LogP contribution is -2.40. The van der Waals surface area contributed by atoms with Gasteiger partial charge in [0.15, 0.2) is 0 Å². The number of aryl methyl sites for hydroxylation is 1. The highest BCUT2D eigenvalue weighted by Gasteiger charge is 2.43. The van der Waals surface area contributed by atoms with E-state index in [1.807, 2.05) is 0 Å². The van der Waals surface area contributed by atoms with Crippen molar-refractivity contribution in [3.8, 4) is 0 Å². The lowest BCUT2D eigenvalue weighted by atomic mass is 10.2. The summed E-state index contributed by atoms with van der Waals surface area (Å²) in [6.45, 7) is 0. The van der Waals surface area contributed by atoms with Crippen LogP contribution >= 0.6 is 0 Å². The molecule has 1 heterocycles. The highest BCUT2D eigenvalue weighted by Crippen LogP contribution is 2.38. The molecule has 2 N–H and O–H groups in total. The maximum absolute atomic E-state index is 12.9. The third-order valence-corrected chi connectivity index (χ3v) is 6.37. The fraction of sp³-hybridized carbons (Fsp3) is 0.643. The third-order valence-electron chi connectivity index (χ3n) is 4.40. The van der Waals surface area contributed by atoms with Crippen LogP contribution in [0.4, 0.5) is 0 Å². The first-order valence-electron chi connectivity index (χ1n) is 7.41. The van der Waals surface area contributed by atoms with E-state index in [0.29, 0.717) is 0 Å². The predicted molar refractivity (Wildman–Crippen MR) is 78.2 cm³/mol. The second kappa shape index (κ2) is 5.14. The Hall–Kier alpha value is -1.34. The van der Waals surface area contributed by atoms with Crippen LogP contribution in [-0.2, 0) is 17.1 Å². The minimum Gasteiger partial charge on any atom is -0.364 e. The van der Waals surface area contributed by atoms with Crippen LogP contribution in [0.2, 0.25) is 0 Å². The Morgan fingerprint density at radius 3 is 2.29 bits per heavy atom. The Labute approximate surface area is 125 Å². The van der Waals surface area contributed by atoms with Crippen molar-refractivity contribution in [3.05, 3.63) is 18.0 Å². The number of carbonyl (C=O) groups is 1. The molecule has 116 valence electrons. The number of primary amides is 1. The van der Waals surface area contributed by atoms with Crippen LogP contribution < -0.4 is 5.73 Å². The minimum absolute atomic E-state index is 0.111. The normalized spacial score (nSPS) is 20.3. The molecule has 2 fully saturated rings. The van der Waals surface area contributed by atoms with E-state index in [4.69, 9.17) is 5.73 Å². The van der Waals surface area contributed by atoms with E-state index in [1.54, 1.807) is 11.4 Å². The summed E-state index contributed by atoms with van der Waals surface area (Å²) in [6, 6.07) is 1.64. The molecule has 1 aromatic heterocycles. The van der Waals surface area contributed by atoms with Gasteiger partial charge in [0.05, 0.1) is 0 Å². The van der Waals surface area contributed by atoms with Gasteiger partial charge in [-0.25, -0.2) is 8.42 Å². The lowest BCUT2D eigenvalue weighted by Gasteiger charge is -2.27. The molecule has 0 aromatic carbocycles. The van der Waals surface area contributed by atoms with Gasteiger partial charge < -0.3 is 10.3 Å². The number of rotatable bonds is 5. The first kappa shape index (κ1) is 14.6. The van der Waals surface area contributed by atoms with Crippen LogP contribution in [0.1, 0.15) is 49.0 Å². The van der Waals surface area contributed by atoms with Gasteiger partial charge in [0.2, 0.25) is 10.0 Å². The summed E-state index contributed by atoms with van der Waals surface area (Å²) in [4.78, 5) is 11.5. The molecule has 0 unspecified atom stereocenters. The van der Waals surface area contributed by atoms with Crippen LogP contribution in [0.3, 0.4) is 0 Å². The molecule has 1 amide bonds. The summed E-state index contributed by atoms with van der Waals surface area (Å²) in [5.74, 6) is -0.613. The first-order valence-corrected chi connectivity index (χ1v) is 8.85. The van der Waals surface area contributed by atoms with Crippen LogP contribution in [0.25, 0.3) is 0 Å². The smallest absolute Gasteiger partial charge is 0.265 e. The maximum Gasteiger partial charge on any atom is 0.265 e. The highest BCUT2D eigenvalue weighted by molar-refractivity contribution is 7.89. The predicted octanol–water partition coefficient (Wildman–Crippen LogP) is 1.22. The number of nitrogens with two attached hydrogens (primary N) is 1. The number of sulfonamides is 1. The fourth-order valence-electron chi connectivity index (χ4n) is 3.22. The van der Waals surface area contributed by atoms with E-state index < -0.39 is 15.9 Å². The summed E-state index contributed by atoms with van der Waals surface area (Å²) in [7, 11) is -1.92. The minimum atomic E-state index is -3.55. The van der Waals surface area contributed by atoms with E-state index in [1.165, 1.54) is 16.8 Å². The quantitative estimate of drug-likeness (QED) is 0.887. The van der Waals surface area contributed by atoms with Crippen molar-refractivity contribution in [2.45, 2.75) is 55.5 Å². The molecule has 0 aliphatic heterocycles. The van der Waals surface area contributed by atoms with Crippen molar-refractivity contribution >= 4 is 15.9 Å². The van der Waals surface area contributed by atoms with Gasteiger partial charge in [-0.1, -0.05) is 12.8 Å². The zero-order chi connectivity index (χ0) is 15.2. The van der Waals surface area contributed by atoms with Crippen molar-refractivity contribution in [1.29, 1.82) is 0 Å². The van der Waals surface area contributed by atoms with Crippen LogP contribution in [0, 0.1) is 0 Å². The van der Waals surface area contributed by atoms with E-state index in [0.717, 1.165) is 38.5 Å². The van der Waals surface area contributed by atoms with Crippen molar-refractivity contribution in [3.63, 3.8) is 0 Å². The maximum atomic E-state index is 12.9. The van der Waals surface area contributed by atoms with Gasteiger partial charge in [0.1, 0.15) is 10.6 Å². The number of aromatic nitrogens is 1. The first-order chi connectivity index (χ1) is 9.91. The molecule has 2 aliphatic carbocycles. The average molecular weight is 311 g/mol. The van der Waals surface area contributed by atoms with Gasteiger partial charge in [-0.2, -0.15) is 4.31 Å². The Balaban J connectivity index is 1.97. The molecule has 0 radical (unpaired) electrons. The van der Waals surface area contributed by atoms with E-state index in [9.17, 15) is 13.2 Å². The number of nitrogens with zero attached hydrogens (tertiary/aromatic N) is 2. The molecule has 3 rings (SSSR count). The Morgan fingerprint density at radius 2 is 1.81 bits per heavy atom. The van der Waals surface area contributed by atoms with E-state index in [2.05, 4.69) is 0 Å². The zero-order valence-corrected chi connectivity index (χ0v) is 13.0. The molecular weight excluding hydrogens is 290 g/mol. The fourth-order valence-corrected chi connectivity index (χ4v) is 5.22. The molecule has 0 spiro atoms. The second-order valence-electron chi connectivity index (χ2n) is 6.04. The van der Waals surface area contributed by atoms with Gasteiger partial charge in [-0.3, -0.25) is 4.79 Å². The van der Waals surface area contributed by atoms with Gasteiger partial charge in [-0.05, 0) is 31.7 Å². The zero-order valence-electron chi connectivity index (χ0n) is 12.2. The Morgan fingerprint density at radius 1 is 1.24 bits per heavy atom. The molecule has 0 saturated heterocycles. The van der Waals surface area contributed by atoms with Crippen LogP contribution in [0.5, 0.6) is 0 Å². The third kappa shape index (κ3) is 2.60. The molecule has 6 nitrogen and oxygen atoms in total. The molecule has 21 heavy (non-hydrogen) atoms. The van der Waals surface area contributed by atoms with Gasteiger partial charge in [0.25, 0.3) is 5.91 Å². The summed E-state index contributed by atoms with van der Waals surface area (Å²) >= 11 is 0. The number of hydrogen-bond acceptors (Lipinski definition) is 3. The number of hydrogen-bond donors (Lipinski definition) is 1. The second-order valence-corrected chi connectivity index (χ2v) is 7.88. The molecule has 2 aliphatic rings. The van der Waals surface area contributed by atoms with Gasteiger partial charge in [-0.15, -0.1) is 0 Å². The van der Waals surface area contributed by atoms with Gasteiger partial charge >= 0.3 is 0 Å². The Kier molecular flexibility index (Phi) is 3.57. The lowest BCUT2D eigenvalue weighted by molar-refractivity contribution is 0.0992. The molecule has 0 atom stereocenters. The molecule has 2 saturated carbocycles. The topological polar surface area (TPSA) is 85.4 Å². The standard InChI is InChI=1S/C14H21N3O3S/c1-16-9-12(8-13(16)14(15)18)21(19,20)17(11-6-7-11)10-4-2-3-5-10/h8-11H,2-7H2,1H3,(H2,15,18). The van der Waals surface area contributed by atoms with Crippen molar-refractivity contribution < 1.29 is 13.2 Å². The van der Waals surface area contributed by atoms with Crippen LogP contribution in [0.15, 0.2) is 17.2 Å². The van der Waals surface area contributed by atoms with Crippen molar-refractivity contribution in [2.24, 2.45) is 12.8 Å². The highest BCUT2D eigenvalue weighted by atomic mass is 32.2. The number of amides is 1. The summed E-state index contributed by atoms with van der Waals surface area (Å²) < 4.78 is 29.1. The molecule has 0 bridgehead atoms. The average Bonchev–Trinajstić information content (AvgIpc) is 2.91. The van der Waals surface area contributed by atoms with Gasteiger partial charge in [0, 0.05) is 25.3 Å². The summed E-state index contributed by atoms with van der Waals surface area (Å²) in [5, 5.41) is 0. The van der Waals surface area contributed by atoms with Crippen molar-refractivity contribution in [1.82, 2.24) is 8.87 Å². The van der Waals surface area contributed by atoms with Crippen LogP contribution in [-0.4, -0.2) is 35.3 Å². The summed E-state index contributed by atoms with van der Waals surface area (Å²) in [5.41, 5.74) is 5.49. The summed E-state index contributed by atoms with van der Waals surface area (Å²) in [6.07, 6.45) is 7.40. The van der Waals surface area contributed by atoms with Crippen molar-refractivity contribution in [2.75, 3.05) is 0 Å². The monoisotopic (exact) mass is 311 g/mol. The molecule has 1 aromatic rings. The largest absolute Gasteiger partial charge is 0.364 e. The van der Waals surface area contributed by atoms with E-state index >= 15 is 0 Å². The van der Waals surface area contributed by atoms with E-state index in [-0.39, 0.29) is 22.7 Å².